The number of rotatable bonds is 6. The predicted octanol–water partition coefficient (Wildman–Crippen LogP) is 6.34. The van der Waals surface area contributed by atoms with E-state index in [2.05, 4.69) is 43.3 Å². The maximum atomic E-state index is 13.5. The van der Waals surface area contributed by atoms with Gasteiger partial charge in [0.05, 0.1) is 24.2 Å². The van der Waals surface area contributed by atoms with E-state index in [0.29, 0.717) is 17.4 Å². The van der Waals surface area contributed by atoms with E-state index >= 15 is 0 Å². The molecule has 0 N–H and O–H groups in total. The molecular formula is C31H36N2O3. The van der Waals surface area contributed by atoms with E-state index < -0.39 is 6.10 Å². The van der Waals surface area contributed by atoms with Crippen molar-refractivity contribution in [3.8, 4) is 5.75 Å². The lowest BCUT2D eigenvalue weighted by Crippen LogP contribution is -2.55. The lowest BCUT2D eigenvalue weighted by atomic mass is 9.73. The van der Waals surface area contributed by atoms with Crippen molar-refractivity contribution >= 4 is 16.9 Å². The molecule has 2 bridgehead atoms. The number of carbonyl (C=O) groups is 1. The fourth-order valence-corrected chi connectivity index (χ4v) is 5.85. The van der Waals surface area contributed by atoms with Crippen LogP contribution in [0, 0.1) is 11.8 Å². The molecule has 4 heterocycles. The first-order valence-electron chi connectivity index (χ1n) is 12.9. The first-order chi connectivity index (χ1) is 17.3. The number of carbonyl (C=O) groups excluding carboxylic acids is 1. The number of pyridine rings is 1. The molecule has 5 nitrogen and oxygen atoms in total. The summed E-state index contributed by atoms with van der Waals surface area (Å²) in [6.07, 6.45) is 5.63. The maximum Gasteiger partial charge on any atom is 0.338 e. The predicted molar refractivity (Wildman–Crippen MR) is 143 cm³/mol. The Hall–Kier alpha value is -3.18. The van der Waals surface area contributed by atoms with Crippen molar-refractivity contribution < 1.29 is 14.3 Å². The number of hydrogen-bond donors (Lipinski definition) is 0. The fraction of sp³-hybridized carbons (Fsp3) is 0.419. The number of piperidine rings is 3. The monoisotopic (exact) mass is 484 g/mol. The standard InChI is InChI=1S/C31H36N2O3/c1-6-20-19-33-16-14-22(20)17-28(33)29(25-13-15-32-27-12-11-24(35-5)18-26(25)27)36-30(34)21-7-9-23(10-8-21)31(2,3)4/h6-13,15,18,20,22,28-29H,1,14,16-17,19H2,2-5H3/t20-,22+,28-,29-/m0/s1. The summed E-state index contributed by atoms with van der Waals surface area (Å²) < 4.78 is 11.9. The third-order valence-corrected chi connectivity index (χ3v) is 8.01. The van der Waals surface area contributed by atoms with Gasteiger partial charge in [-0.1, -0.05) is 39.0 Å². The van der Waals surface area contributed by atoms with Gasteiger partial charge in [-0.2, -0.15) is 0 Å². The average molecular weight is 485 g/mol. The van der Waals surface area contributed by atoms with Crippen molar-refractivity contribution in [1.29, 1.82) is 0 Å². The molecule has 3 saturated heterocycles. The molecule has 0 radical (unpaired) electrons. The largest absolute Gasteiger partial charge is 0.497 e. The molecule has 3 fully saturated rings. The maximum absolute atomic E-state index is 13.5. The second-order valence-corrected chi connectivity index (χ2v) is 11.2. The number of fused-ring (bicyclic) bond motifs is 4. The topological polar surface area (TPSA) is 51.7 Å². The summed E-state index contributed by atoms with van der Waals surface area (Å²) in [6.45, 7) is 12.5. The van der Waals surface area contributed by atoms with Gasteiger partial charge in [0.1, 0.15) is 11.9 Å². The second-order valence-electron chi connectivity index (χ2n) is 11.2. The van der Waals surface area contributed by atoms with Gasteiger partial charge in [-0.15, -0.1) is 6.58 Å². The van der Waals surface area contributed by atoms with Crippen molar-refractivity contribution in [1.82, 2.24) is 9.88 Å². The molecule has 2 aromatic carbocycles. The van der Waals surface area contributed by atoms with Crippen molar-refractivity contribution in [2.45, 2.75) is 51.2 Å². The van der Waals surface area contributed by atoms with E-state index in [9.17, 15) is 4.79 Å². The van der Waals surface area contributed by atoms with Crippen molar-refractivity contribution in [2.75, 3.05) is 20.2 Å². The number of esters is 1. The summed E-state index contributed by atoms with van der Waals surface area (Å²) in [5.41, 5.74) is 3.63. The summed E-state index contributed by atoms with van der Waals surface area (Å²) in [5.74, 6) is 1.52. The van der Waals surface area contributed by atoms with Crippen LogP contribution in [0.3, 0.4) is 0 Å². The zero-order chi connectivity index (χ0) is 25.4. The number of methoxy groups -OCH3 is 1. The molecule has 1 aromatic heterocycles. The SMILES string of the molecule is C=C[C@H]1CN2CC[C@@H]1C[C@H]2[C@@H](OC(=O)c1ccc(C(C)(C)C)cc1)c1ccnc2ccc(OC)cc12. The van der Waals surface area contributed by atoms with Crippen LogP contribution in [-0.2, 0) is 10.2 Å². The third kappa shape index (κ3) is 4.64. The molecule has 5 heteroatoms. The van der Waals surface area contributed by atoms with Crippen LogP contribution >= 0.6 is 0 Å². The molecule has 5 atom stereocenters. The Morgan fingerprint density at radius 2 is 1.94 bits per heavy atom. The van der Waals surface area contributed by atoms with Gasteiger partial charge in [0.25, 0.3) is 0 Å². The van der Waals surface area contributed by atoms with Crippen LogP contribution in [-0.4, -0.2) is 42.1 Å². The minimum absolute atomic E-state index is 0.0241. The number of ether oxygens (including phenoxy) is 2. The van der Waals surface area contributed by atoms with Gasteiger partial charge < -0.3 is 9.47 Å². The van der Waals surface area contributed by atoms with Crippen LogP contribution in [0.25, 0.3) is 10.9 Å². The second kappa shape index (κ2) is 9.70. The van der Waals surface area contributed by atoms with Crippen LogP contribution in [0.15, 0.2) is 67.4 Å². The van der Waals surface area contributed by atoms with Crippen LogP contribution in [0.2, 0.25) is 0 Å². The number of nitrogens with zero attached hydrogens (tertiary/aromatic N) is 2. The van der Waals surface area contributed by atoms with Gasteiger partial charge in [0, 0.05) is 23.7 Å². The molecule has 1 unspecified atom stereocenters. The normalized spacial score (nSPS) is 24.3. The molecule has 0 saturated carbocycles. The van der Waals surface area contributed by atoms with Crippen LogP contribution in [0.5, 0.6) is 5.75 Å². The van der Waals surface area contributed by atoms with Crippen LogP contribution < -0.4 is 4.74 Å². The van der Waals surface area contributed by atoms with E-state index in [0.717, 1.165) is 48.1 Å². The van der Waals surface area contributed by atoms with E-state index in [1.165, 1.54) is 5.56 Å². The first kappa shape index (κ1) is 24.5. The van der Waals surface area contributed by atoms with Gasteiger partial charge in [-0.3, -0.25) is 9.88 Å². The minimum atomic E-state index is -0.411. The van der Waals surface area contributed by atoms with E-state index in [1.54, 1.807) is 7.11 Å². The van der Waals surface area contributed by atoms with Crippen LogP contribution in [0.1, 0.15) is 61.2 Å². The molecule has 188 valence electrons. The quantitative estimate of drug-likeness (QED) is 0.302. The smallest absolute Gasteiger partial charge is 0.338 e. The van der Waals surface area contributed by atoms with Crippen molar-refractivity contribution in [3.63, 3.8) is 0 Å². The van der Waals surface area contributed by atoms with Crippen molar-refractivity contribution in [2.24, 2.45) is 11.8 Å². The van der Waals surface area contributed by atoms with Crippen molar-refractivity contribution in [3.05, 3.63) is 84.1 Å². The van der Waals surface area contributed by atoms with E-state index in [4.69, 9.17) is 9.47 Å². The first-order valence-corrected chi connectivity index (χ1v) is 12.9. The Bertz CT molecular complexity index is 1260. The number of hydrogen-bond acceptors (Lipinski definition) is 5. The molecule has 0 spiro atoms. The summed E-state index contributed by atoms with van der Waals surface area (Å²) in [6, 6.07) is 15.8. The summed E-state index contributed by atoms with van der Waals surface area (Å²) in [7, 11) is 1.66. The van der Waals surface area contributed by atoms with Gasteiger partial charge in [-0.05, 0) is 78.6 Å². The highest BCUT2D eigenvalue weighted by Crippen LogP contribution is 2.44. The Labute approximate surface area is 214 Å². The highest BCUT2D eigenvalue weighted by Gasteiger charge is 2.44. The lowest BCUT2D eigenvalue weighted by Gasteiger charge is -2.51. The number of benzene rings is 2. The Balaban J connectivity index is 1.53. The molecule has 0 aliphatic carbocycles. The highest BCUT2D eigenvalue weighted by molar-refractivity contribution is 5.90. The highest BCUT2D eigenvalue weighted by atomic mass is 16.5. The molecular weight excluding hydrogens is 448 g/mol. The van der Waals surface area contributed by atoms with Crippen LogP contribution in [0.4, 0.5) is 0 Å². The number of aromatic nitrogens is 1. The lowest BCUT2D eigenvalue weighted by molar-refractivity contribution is -0.0568. The van der Waals surface area contributed by atoms with Gasteiger partial charge in [0.2, 0.25) is 0 Å². The molecule has 0 amide bonds. The molecule has 36 heavy (non-hydrogen) atoms. The molecule has 3 aromatic rings. The summed E-state index contributed by atoms with van der Waals surface area (Å²) >= 11 is 0. The third-order valence-electron chi connectivity index (χ3n) is 8.01. The van der Waals surface area contributed by atoms with Gasteiger partial charge in [0.15, 0.2) is 0 Å². The fourth-order valence-electron chi connectivity index (χ4n) is 5.85. The van der Waals surface area contributed by atoms with Gasteiger partial charge >= 0.3 is 5.97 Å². The summed E-state index contributed by atoms with van der Waals surface area (Å²) in [4.78, 5) is 20.6. The zero-order valence-electron chi connectivity index (χ0n) is 21.7. The van der Waals surface area contributed by atoms with Gasteiger partial charge in [-0.25, -0.2) is 4.79 Å². The molecule has 6 rings (SSSR count). The average Bonchev–Trinajstić information content (AvgIpc) is 2.90. The Kier molecular flexibility index (Phi) is 6.60. The molecule has 3 aliphatic heterocycles. The zero-order valence-corrected chi connectivity index (χ0v) is 21.7. The van der Waals surface area contributed by atoms with E-state index in [-0.39, 0.29) is 17.4 Å². The Morgan fingerprint density at radius 1 is 1.17 bits per heavy atom. The molecule has 3 aliphatic rings. The van der Waals surface area contributed by atoms with E-state index in [1.807, 2.05) is 54.7 Å². The Morgan fingerprint density at radius 3 is 2.58 bits per heavy atom. The summed E-state index contributed by atoms with van der Waals surface area (Å²) in [5, 5.41) is 0.959. The minimum Gasteiger partial charge on any atom is -0.497 e.